The van der Waals surface area contributed by atoms with E-state index in [1.807, 2.05) is 30.3 Å². The first kappa shape index (κ1) is 17.8. The summed E-state index contributed by atoms with van der Waals surface area (Å²) < 4.78 is 12.6. The second kappa shape index (κ2) is 8.87. The fourth-order valence-corrected chi connectivity index (χ4v) is 2.94. The van der Waals surface area contributed by atoms with Gasteiger partial charge in [0.05, 0.1) is 31.9 Å². The molecule has 0 aliphatic heterocycles. The van der Waals surface area contributed by atoms with Gasteiger partial charge in [-0.1, -0.05) is 30.0 Å². The molecule has 0 N–H and O–H groups in total. The van der Waals surface area contributed by atoms with Crippen molar-refractivity contribution in [1.82, 2.24) is 20.2 Å². The van der Waals surface area contributed by atoms with Crippen LogP contribution in [0.1, 0.15) is 11.1 Å². The summed E-state index contributed by atoms with van der Waals surface area (Å²) in [6, 6.07) is 17.0. The Morgan fingerprint density at radius 1 is 1.15 bits per heavy atom. The lowest BCUT2D eigenvalue weighted by molar-refractivity contribution is 0.343. The van der Waals surface area contributed by atoms with Crippen molar-refractivity contribution in [1.29, 1.82) is 5.26 Å². The van der Waals surface area contributed by atoms with Gasteiger partial charge < -0.3 is 9.47 Å². The lowest BCUT2D eigenvalue weighted by Gasteiger charge is -2.07. The van der Waals surface area contributed by atoms with Crippen LogP contribution in [0.4, 0.5) is 0 Å². The number of nitrogens with zero attached hydrogens (tertiary/aromatic N) is 5. The highest BCUT2D eigenvalue weighted by Crippen LogP contribution is 2.18. The maximum absolute atomic E-state index is 8.90. The molecule has 0 saturated carbocycles. The number of thioether (sulfide) groups is 1. The van der Waals surface area contributed by atoms with Crippen molar-refractivity contribution in [2.24, 2.45) is 0 Å². The number of ether oxygens (including phenoxy) is 2. The van der Waals surface area contributed by atoms with Crippen molar-refractivity contribution in [3.05, 3.63) is 59.7 Å². The molecule has 8 heteroatoms. The number of hydrogen-bond acceptors (Lipinski definition) is 7. The van der Waals surface area contributed by atoms with Crippen molar-refractivity contribution in [2.75, 3.05) is 19.5 Å². The molecule has 1 aromatic heterocycles. The van der Waals surface area contributed by atoms with Crippen LogP contribution in [-0.2, 0) is 6.54 Å². The molecular formula is C18H17N5O2S. The van der Waals surface area contributed by atoms with E-state index in [4.69, 9.17) is 14.7 Å². The Hall–Kier alpha value is -3.05. The predicted octanol–water partition coefficient (Wildman–Crippen LogP) is 2.77. The summed E-state index contributed by atoms with van der Waals surface area (Å²) in [5.41, 5.74) is 1.67. The Bertz CT molecular complexity index is 889. The molecule has 132 valence electrons. The van der Waals surface area contributed by atoms with E-state index >= 15 is 0 Å². The van der Waals surface area contributed by atoms with Crippen LogP contribution in [0.25, 0.3) is 0 Å². The Morgan fingerprint density at radius 2 is 2.00 bits per heavy atom. The molecule has 0 atom stereocenters. The van der Waals surface area contributed by atoms with Crippen LogP contribution in [0.2, 0.25) is 0 Å². The van der Waals surface area contributed by atoms with Crippen molar-refractivity contribution >= 4 is 11.8 Å². The molecule has 3 rings (SSSR count). The molecule has 0 aliphatic carbocycles. The maximum Gasteiger partial charge on any atom is 0.209 e. The summed E-state index contributed by atoms with van der Waals surface area (Å²) in [5, 5.41) is 21.5. The molecule has 0 fully saturated rings. The van der Waals surface area contributed by atoms with Crippen molar-refractivity contribution in [3.8, 4) is 17.6 Å². The largest absolute Gasteiger partial charge is 0.497 e. The zero-order chi connectivity index (χ0) is 18.2. The molecule has 0 saturated heterocycles. The van der Waals surface area contributed by atoms with E-state index in [0.29, 0.717) is 30.2 Å². The van der Waals surface area contributed by atoms with Gasteiger partial charge in [-0.25, -0.2) is 4.68 Å². The van der Waals surface area contributed by atoms with Crippen LogP contribution in [-0.4, -0.2) is 39.7 Å². The zero-order valence-corrected chi connectivity index (χ0v) is 15.0. The number of methoxy groups -OCH3 is 1. The first-order valence-corrected chi connectivity index (χ1v) is 8.92. The Kier molecular flexibility index (Phi) is 6.06. The van der Waals surface area contributed by atoms with Crippen LogP contribution in [0.5, 0.6) is 11.5 Å². The van der Waals surface area contributed by atoms with Crippen molar-refractivity contribution < 1.29 is 9.47 Å². The summed E-state index contributed by atoms with van der Waals surface area (Å²) in [6.45, 7) is 1.08. The van der Waals surface area contributed by atoms with E-state index < -0.39 is 0 Å². The first-order valence-electron chi connectivity index (χ1n) is 7.93. The third-order valence-corrected chi connectivity index (χ3v) is 4.46. The van der Waals surface area contributed by atoms with E-state index in [2.05, 4.69) is 21.6 Å². The van der Waals surface area contributed by atoms with Crippen LogP contribution in [0.3, 0.4) is 0 Å². The molecule has 0 spiro atoms. The van der Waals surface area contributed by atoms with Gasteiger partial charge in [-0.2, -0.15) is 5.26 Å². The average Bonchev–Trinajstić information content (AvgIpc) is 3.13. The standard InChI is InChI=1S/C18H17N5O2S/c1-24-16-7-5-14(6-8-16)13-23-18(20-21-22-23)26-10-9-25-17-4-2-3-15(11-17)12-19/h2-8,11H,9-10,13H2,1H3. The molecule has 0 aliphatic rings. The monoisotopic (exact) mass is 367 g/mol. The Morgan fingerprint density at radius 3 is 2.77 bits per heavy atom. The highest BCUT2D eigenvalue weighted by molar-refractivity contribution is 7.99. The summed E-state index contributed by atoms with van der Waals surface area (Å²) in [6.07, 6.45) is 0. The number of benzene rings is 2. The number of nitriles is 1. The molecule has 3 aromatic rings. The molecular weight excluding hydrogens is 350 g/mol. The van der Waals surface area contributed by atoms with Crippen molar-refractivity contribution in [2.45, 2.75) is 11.7 Å². The second-order valence-corrected chi connectivity index (χ2v) is 6.37. The topological polar surface area (TPSA) is 85.8 Å². The van der Waals surface area contributed by atoms with Gasteiger partial charge in [0, 0.05) is 5.75 Å². The third-order valence-electron chi connectivity index (χ3n) is 3.54. The van der Waals surface area contributed by atoms with E-state index in [9.17, 15) is 0 Å². The summed E-state index contributed by atoms with van der Waals surface area (Å²) in [5.74, 6) is 2.19. The summed E-state index contributed by atoms with van der Waals surface area (Å²) in [7, 11) is 1.64. The van der Waals surface area contributed by atoms with E-state index in [1.165, 1.54) is 11.8 Å². The quantitative estimate of drug-likeness (QED) is 0.447. The van der Waals surface area contributed by atoms with Gasteiger partial charge in [0.25, 0.3) is 0 Å². The molecule has 0 bridgehead atoms. The fourth-order valence-electron chi connectivity index (χ4n) is 2.25. The minimum absolute atomic E-state index is 0.495. The molecule has 2 aromatic carbocycles. The predicted molar refractivity (Wildman–Crippen MR) is 97.3 cm³/mol. The molecule has 0 unspecified atom stereocenters. The highest BCUT2D eigenvalue weighted by atomic mass is 32.2. The molecule has 1 heterocycles. The highest BCUT2D eigenvalue weighted by Gasteiger charge is 2.08. The average molecular weight is 367 g/mol. The number of hydrogen-bond donors (Lipinski definition) is 0. The zero-order valence-electron chi connectivity index (χ0n) is 14.2. The Labute approximate surface area is 155 Å². The molecule has 0 amide bonds. The number of rotatable bonds is 8. The summed E-state index contributed by atoms with van der Waals surface area (Å²) in [4.78, 5) is 0. The van der Waals surface area contributed by atoms with Gasteiger partial charge in [-0.3, -0.25) is 0 Å². The normalized spacial score (nSPS) is 10.3. The first-order chi connectivity index (χ1) is 12.8. The lowest BCUT2D eigenvalue weighted by Crippen LogP contribution is -2.06. The van der Waals surface area contributed by atoms with Gasteiger partial charge >= 0.3 is 0 Å². The maximum atomic E-state index is 8.90. The van der Waals surface area contributed by atoms with Gasteiger partial charge in [0.1, 0.15) is 11.5 Å². The minimum atomic E-state index is 0.495. The number of tetrazole rings is 1. The minimum Gasteiger partial charge on any atom is -0.497 e. The lowest BCUT2D eigenvalue weighted by atomic mass is 10.2. The van der Waals surface area contributed by atoms with E-state index in [0.717, 1.165) is 16.5 Å². The molecule has 0 radical (unpaired) electrons. The molecule has 7 nitrogen and oxygen atoms in total. The molecule has 26 heavy (non-hydrogen) atoms. The van der Waals surface area contributed by atoms with E-state index in [-0.39, 0.29) is 0 Å². The van der Waals surface area contributed by atoms with Crippen LogP contribution < -0.4 is 9.47 Å². The van der Waals surface area contributed by atoms with Crippen LogP contribution in [0.15, 0.2) is 53.7 Å². The van der Waals surface area contributed by atoms with Gasteiger partial charge in [-0.15, -0.1) is 5.10 Å². The fraction of sp³-hybridized carbons (Fsp3) is 0.222. The second-order valence-electron chi connectivity index (χ2n) is 5.30. The Balaban J connectivity index is 1.51. The number of aromatic nitrogens is 4. The van der Waals surface area contributed by atoms with Gasteiger partial charge in [0.15, 0.2) is 0 Å². The van der Waals surface area contributed by atoms with Crippen LogP contribution in [0, 0.1) is 11.3 Å². The smallest absolute Gasteiger partial charge is 0.209 e. The third kappa shape index (κ3) is 4.74. The van der Waals surface area contributed by atoms with Gasteiger partial charge in [-0.05, 0) is 46.3 Å². The van der Waals surface area contributed by atoms with Crippen molar-refractivity contribution in [3.63, 3.8) is 0 Å². The van der Waals surface area contributed by atoms with E-state index in [1.54, 1.807) is 30.0 Å². The SMILES string of the molecule is COc1ccc(Cn2nnnc2SCCOc2cccc(C#N)c2)cc1. The van der Waals surface area contributed by atoms with Crippen LogP contribution >= 0.6 is 11.8 Å². The van der Waals surface area contributed by atoms with Gasteiger partial charge in [0.2, 0.25) is 5.16 Å². The summed E-state index contributed by atoms with van der Waals surface area (Å²) >= 11 is 1.52.